The summed E-state index contributed by atoms with van der Waals surface area (Å²) >= 11 is 0. The maximum absolute atomic E-state index is 13.2. The zero-order chi connectivity index (χ0) is 21.4. The van der Waals surface area contributed by atoms with Gasteiger partial charge in [-0.3, -0.25) is 24.8 Å². The molecule has 2 fully saturated rings. The fourth-order valence-electron chi connectivity index (χ4n) is 4.90. The number of aromatic nitrogens is 2. The van der Waals surface area contributed by atoms with Crippen molar-refractivity contribution in [1.29, 1.82) is 0 Å². The number of hydrogen-bond acceptors (Lipinski definition) is 6. The number of carbonyl (C=O) groups is 3. The number of imide groups is 1. The van der Waals surface area contributed by atoms with Crippen molar-refractivity contribution < 1.29 is 14.4 Å². The Labute approximate surface area is 180 Å². The number of nitrogens with one attached hydrogen (secondary N) is 4. The summed E-state index contributed by atoms with van der Waals surface area (Å²) in [5.74, 6) is 0.552. The van der Waals surface area contributed by atoms with Gasteiger partial charge in [0.1, 0.15) is 11.9 Å². The summed E-state index contributed by atoms with van der Waals surface area (Å²) in [4.78, 5) is 38.6. The molecule has 3 amide bonds. The molecule has 4 N–H and O–H groups in total. The Balaban J connectivity index is 1.32. The molecule has 1 aromatic carbocycles. The standard InChI is InChI=1S/C22H26N6O3/c29-18-5-4-17(21(30)26-18)28-12-15-3-1-2-14(19(15)22(28)31)10-24-20-16(11-25-27-20)13-6-8-23-9-7-13/h1-3,11,13,17,23H,4-10,12H2,(H2,24,25,27)(H,26,29,30). The second-order valence-electron chi connectivity index (χ2n) is 8.43. The summed E-state index contributed by atoms with van der Waals surface area (Å²) in [5, 5.41) is 16.5. The van der Waals surface area contributed by atoms with E-state index in [2.05, 4.69) is 26.1 Å². The number of anilines is 1. The Morgan fingerprint density at radius 3 is 2.77 bits per heavy atom. The molecule has 2 aromatic rings. The molecule has 0 spiro atoms. The van der Waals surface area contributed by atoms with Gasteiger partial charge in [-0.25, -0.2) is 0 Å². The third-order valence-electron chi connectivity index (χ3n) is 6.54. The lowest BCUT2D eigenvalue weighted by Gasteiger charge is -2.29. The molecule has 3 aliphatic rings. The van der Waals surface area contributed by atoms with Gasteiger partial charge >= 0.3 is 0 Å². The van der Waals surface area contributed by atoms with Crippen LogP contribution in [0.2, 0.25) is 0 Å². The van der Waals surface area contributed by atoms with Crippen molar-refractivity contribution in [2.45, 2.75) is 50.7 Å². The number of benzene rings is 1. The third kappa shape index (κ3) is 3.69. The number of fused-ring (bicyclic) bond motifs is 1. The van der Waals surface area contributed by atoms with E-state index in [4.69, 9.17) is 0 Å². The zero-order valence-electron chi connectivity index (χ0n) is 17.2. The molecule has 4 heterocycles. The average Bonchev–Trinajstić information content (AvgIpc) is 3.38. The number of piperidine rings is 2. The lowest BCUT2D eigenvalue weighted by atomic mass is 9.92. The highest BCUT2D eigenvalue weighted by atomic mass is 16.2. The topological polar surface area (TPSA) is 119 Å². The van der Waals surface area contributed by atoms with E-state index in [1.807, 2.05) is 24.4 Å². The van der Waals surface area contributed by atoms with Gasteiger partial charge < -0.3 is 15.5 Å². The van der Waals surface area contributed by atoms with E-state index in [9.17, 15) is 14.4 Å². The monoisotopic (exact) mass is 422 g/mol. The third-order valence-corrected chi connectivity index (χ3v) is 6.54. The van der Waals surface area contributed by atoms with Gasteiger partial charge in [0.2, 0.25) is 11.8 Å². The predicted octanol–water partition coefficient (Wildman–Crippen LogP) is 1.25. The Kier molecular flexibility index (Phi) is 5.19. The van der Waals surface area contributed by atoms with Crippen molar-refractivity contribution in [2.75, 3.05) is 18.4 Å². The highest BCUT2D eigenvalue weighted by molar-refractivity contribution is 6.06. The number of hydrogen-bond donors (Lipinski definition) is 4. The first-order valence-electron chi connectivity index (χ1n) is 10.8. The SMILES string of the molecule is O=C1CCC(N2Cc3cccc(CNc4[nH]ncc4C4CCNCC4)c3C2=O)C(=O)N1. The first-order valence-corrected chi connectivity index (χ1v) is 10.8. The summed E-state index contributed by atoms with van der Waals surface area (Å²) in [5.41, 5.74) is 3.65. The Morgan fingerprint density at radius 1 is 1.13 bits per heavy atom. The van der Waals surface area contributed by atoms with Gasteiger partial charge in [0, 0.05) is 30.6 Å². The van der Waals surface area contributed by atoms with Gasteiger partial charge in [-0.2, -0.15) is 5.10 Å². The lowest BCUT2D eigenvalue weighted by Crippen LogP contribution is -2.52. The van der Waals surface area contributed by atoms with Crippen LogP contribution in [-0.2, 0) is 22.7 Å². The van der Waals surface area contributed by atoms with Gasteiger partial charge in [-0.15, -0.1) is 0 Å². The summed E-state index contributed by atoms with van der Waals surface area (Å²) in [7, 11) is 0. The number of carbonyl (C=O) groups excluding carboxylic acids is 3. The smallest absolute Gasteiger partial charge is 0.255 e. The molecule has 1 unspecified atom stereocenters. The highest BCUT2D eigenvalue weighted by Gasteiger charge is 2.39. The number of aromatic amines is 1. The molecule has 2 saturated heterocycles. The molecular weight excluding hydrogens is 396 g/mol. The first kappa shape index (κ1) is 19.7. The summed E-state index contributed by atoms with van der Waals surface area (Å²) in [6.45, 7) is 2.88. The van der Waals surface area contributed by atoms with Crippen molar-refractivity contribution in [3.8, 4) is 0 Å². The second kappa shape index (κ2) is 8.14. The van der Waals surface area contributed by atoms with Crippen LogP contribution in [0.15, 0.2) is 24.4 Å². The molecule has 162 valence electrons. The fraction of sp³-hybridized carbons (Fsp3) is 0.455. The fourth-order valence-corrected chi connectivity index (χ4v) is 4.90. The Hall–Kier alpha value is -3.20. The quantitative estimate of drug-likeness (QED) is 0.539. The van der Waals surface area contributed by atoms with E-state index in [0.29, 0.717) is 31.0 Å². The molecule has 0 radical (unpaired) electrons. The predicted molar refractivity (Wildman–Crippen MR) is 113 cm³/mol. The van der Waals surface area contributed by atoms with Gasteiger partial charge in [0.25, 0.3) is 5.91 Å². The van der Waals surface area contributed by atoms with Crippen LogP contribution in [0.4, 0.5) is 5.82 Å². The molecule has 5 rings (SSSR count). The van der Waals surface area contributed by atoms with E-state index in [1.165, 1.54) is 5.56 Å². The molecule has 1 atom stereocenters. The van der Waals surface area contributed by atoms with Crippen molar-refractivity contribution in [3.63, 3.8) is 0 Å². The van der Waals surface area contributed by atoms with Crippen LogP contribution in [0.3, 0.4) is 0 Å². The van der Waals surface area contributed by atoms with Crippen LogP contribution in [0.25, 0.3) is 0 Å². The number of rotatable bonds is 5. The molecule has 0 saturated carbocycles. The summed E-state index contributed by atoms with van der Waals surface area (Å²) in [6.07, 6.45) is 4.67. The van der Waals surface area contributed by atoms with Crippen LogP contribution in [0.1, 0.15) is 58.6 Å². The maximum atomic E-state index is 13.2. The van der Waals surface area contributed by atoms with Crippen LogP contribution in [-0.4, -0.2) is 52.0 Å². The van der Waals surface area contributed by atoms with Crippen molar-refractivity contribution in [1.82, 2.24) is 25.7 Å². The molecule has 9 heteroatoms. The molecular formula is C22H26N6O3. The van der Waals surface area contributed by atoms with E-state index >= 15 is 0 Å². The molecule has 9 nitrogen and oxygen atoms in total. The molecule has 0 bridgehead atoms. The number of nitrogens with zero attached hydrogens (tertiary/aromatic N) is 2. The zero-order valence-corrected chi connectivity index (χ0v) is 17.2. The van der Waals surface area contributed by atoms with Crippen molar-refractivity contribution >= 4 is 23.5 Å². The van der Waals surface area contributed by atoms with E-state index in [1.54, 1.807) is 4.90 Å². The average molecular weight is 422 g/mol. The molecule has 31 heavy (non-hydrogen) atoms. The first-order chi connectivity index (χ1) is 15.1. The minimum atomic E-state index is -0.600. The Bertz CT molecular complexity index is 1030. The van der Waals surface area contributed by atoms with Gasteiger partial charge in [-0.1, -0.05) is 18.2 Å². The number of amides is 3. The second-order valence-corrected chi connectivity index (χ2v) is 8.43. The lowest BCUT2D eigenvalue weighted by molar-refractivity contribution is -0.136. The Morgan fingerprint density at radius 2 is 1.97 bits per heavy atom. The van der Waals surface area contributed by atoms with E-state index in [0.717, 1.165) is 42.9 Å². The molecule has 3 aliphatic heterocycles. The van der Waals surface area contributed by atoms with Gasteiger partial charge in [0.05, 0.1) is 6.20 Å². The molecule has 1 aromatic heterocycles. The van der Waals surface area contributed by atoms with Crippen LogP contribution < -0.4 is 16.0 Å². The summed E-state index contributed by atoms with van der Waals surface area (Å²) in [6, 6.07) is 5.22. The van der Waals surface area contributed by atoms with E-state index < -0.39 is 6.04 Å². The van der Waals surface area contributed by atoms with Crippen LogP contribution in [0, 0.1) is 0 Å². The van der Waals surface area contributed by atoms with E-state index in [-0.39, 0.29) is 24.1 Å². The van der Waals surface area contributed by atoms with Crippen molar-refractivity contribution in [3.05, 3.63) is 46.6 Å². The van der Waals surface area contributed by atoms with Crippen molar-refractivity contribution in [2.24, 2.45) is 0 Å². The number of H-pyrrole nitrogens is 1. The molecule has 0 aliphatic carbocycles. The van der Waals surface area contributed by atoms with Gasteiger partial charge in [0.15, 0.2) is 0 Å². The minimum absolute atomic E-state index is 0.148. The minimum Gasteiger partial charge on any atom is -0.366 e. The van der Waals surface area contributed by atoms with Crippen LogP contribution >= 0.6 is 0 Å². The normalized spacial score (nSPS) is 21.9. The largest absolute Gasteiger partial charge is 0.366 e. The maximum Gasteiger partial charge on any atom is 0.255 e. The van der Waals surface area contributed by atoms with Gasteiger partial charge in [-0.05, 0) is 49.4 Å². The van der Waals surface area contributed by atoms with Crippen LogP contribution in [0.5, 0.6) is 0 Å². The highest BCUT2D eigenvalue weighted by Crippen LogP contribution is 2.32. The summed E-state index contributed by atoms with van der Waals surface area (Å²) < 4.78 is 0.